The molecular weight excluding hydrogens is 230 g/mol. The van der Waals surface area contributed by atoms with Crippen LogP contribution in [0, 0.1) is 5.92 Å². The fourth-order valence-electron chi connectivity index (χ4n) is 2.45. The number of benzene rings is 1. The molecule has 0 bridgehead atoms. The van der Waals surface area contributed by atoms with Crippen LogP contribution in [0.25, 0.3) is 0 Å². The Morgan fingerprint density at radius 2 is 2.00 bits per heavy atom. The summed E-state index contributed by atoms with van der Waals surface area (Å²) in [6, 6.07) is 9.20. The molecule has 2 atom stereocenters. The van der Waals surface area contributed by atoms with Crippen LogP contribution in [0.2, 0.25) is 0 Å². The molecule has 1 aliphatic heterocycles. The van der Waals surface area contributed by atoms with E-state index in [1.54, 1.807) is 0 Å². The van der Waals surface area contributed by atoms with Crippen molar-refractivity contribution in [2.45, 2.75) is 25.9 Å². The van der Waals surface area contributed by atoms with E-state index in [1.807, 2.05) is 35.2 Å². The van der Waals surface area contributed by atoms with E-state index in [0.29, 0.717) is 19.5 Å². The summed E-state index contributed by atoms with van der Waals surface area (Å²) in [6.07, 6.45) is 0.428. The van der Waals surface area contributed by atoms with E-state index in [-0.39, 0.29) is 11.7 Å². The number of hydrogen-bond acceptors (Lipinski definition) is 3. The first kappa shape index (κ1) is 12.8. The molecule has 96 valence electrons. The molecule has 4 nitrogen and oxygen atoms in total. The number of aliphatic carboxylic acids is 1. The summed E-state index contributed by atoms with van der Waals surface area (Å²) in [5.41, 5.74) is 1.08. The quantitative estimate of drug-likeness (QED) is 0.877. The van der Waals surface area contributed by atoms with Crippen LogP contribution in [0.4, 0.5) is 0 Å². The van der Waals surface area contributed by atoms with Crippen LogP contribution in [0.3, 0.4) is 0 Å². The van der Waals surface area contributed by atoms with Crippen molar-refractivity contribution in [2.24, 2.45) is 5.92 Å². The minimum absolute atomic E-state index is 0.0804. The molecule has 0 amide bonds. The summed E-state index contributed by atoms with van der Waals surface area (Å²) in [6.45, 7) is 2.67. The molecule has 1 aromatic carbocycles. The van der Waals surface area contributed by atoms with E-state index in [2.05, 4.69) is 0 Å². The zero-order chi connectivity index (χ0) is 13.1. The van der Waals surface area contributed by atoms with Crippen LogP contribution in [0.1, 0.15) is 18.9 Å². The van der Waals surface area contributed by atoms with Gasteiger partial charge in [-0.25, -0.2) is 0 Å². The van der Waals surface area contributed by atoms with E-state index in [1.165, 1.54) is 6.92 Å². The van der Waals surface area contributed by atoms with Gasteiger partial charge in [-0.3, -0.25) is 14.5 Å². The van der Waals surface area contributed by atoms with Gasteiger partial charge in [-0.2, -0.15) is 0 Å². The van der Waals surface area contributed by atoms with Gasteiger partial charge in [-0.15, -0.1) is 0 Å². The second kappa shape index (κ2) is 5.31. The highest BCUT2D eigenvalue weighted by Crippen LogP contribution is 2.26. The zero-order valence-corrected chi connectivity index (χ0v) is 10.4. The molecule has 0 unspecified atom stereocenters. The van der Waals surface area contributed by atoms with Crippen molar-refractivity contribution >= 4 is 11.8 Å². The smallest absolute Gasteiger partial charge is 0.320 e. The van der Waals surface area contributed by atoms with Crippen LogP contribution < -0.4 is 0 Å². The lowest BCUT2D eigenvalue weighted by Crippen LogP contribution is -2.35. The maximum atomic E-state index is 11.4. The summed E-state index contributed by atoms with van der Waals surface area (Å²) in [5, 5.41) is 9.21. The maximum absolute atomic E-state index is 11.4. The van der Waals surface area contributed by atoms with E-state index < -0.39 is 12.0 Å². The van der Waals surface area contributed by atoms with Gasteiger partial charge in [0.25, 0.3) is 0 Å². The molecule has 0 radical (unpaired) electrons. The lowest BCUT2D eigenvalue weighted by molar-refractivity contribution is -0.142. The van der Waals surface area contributed by atoms with Crippen molar-refractivity contribution in [1.29, 1.82) is 0 Å². The first-order valence-electron chi connectivity index (χ1n) is 6.09. The third kappa shape index (κ3) is 2.76. The molecular formula is C14H17NO3. The fourth-order valence-corrected chi connectivity index (χ4v) is 2.45. The standard InChI is InChI=1S/C14H17NO3/c1-10(16)12-7-13(14(17)18)15(9-12)8-11-5-3-2-4-6-11/h2-6,12-13H,7-9H2,1H3,(H,17,18)/t12-,13-/m1/s1. The number of carbonyl (C=O) groups excluding carboxylic acids is 1. The SMILES string of the molecule is CC(=O)[C@@H]1C[C@H](C(=O)O)N(Cc2ccccc2)C1. The van der Waals surface area contributed by atoms with Gasteiger partial charge in [0.1, 0.15) is 11.8 Å². The molecule has 2 rings (SSSR count). The van der Waals surface area contributed by atoms with Crippen molar-refractivity contribution in [3.63, 3.8) is 0 Å². The number of carboxylic acid groups (broad SMARTS) is 1. The minimum Gasteiger partial charge on any atom is -0.480 e. The molecule has 1 saturated heterocycles. The Hall–Kier alpha value is -1.68. The Labute approximate surface area is 106 Å². The maximum Gasteiger partial charge on any atom is 0.320 e. The summed E-state index contributed by atoms with van der Waals surface area (Å²) < 4.78 is 0. The fraction of sp³-hybridized carbons (Fsp3) is 0.429. The average molecular weight is 247 g/mol. The molecule has 0 aliphatic carbocycles. The number of ketones is 1. The lowest BCUT2D eigenvalue weighted by Gasteiger charge is -2.20. The summed E-state index contributed by atoms with van der Waals surface area (Å²) in [5.74, 6) is -0.902. The summed E-state index contributed by atoms with van der Waals surface area (Å²) >= 11 is 0. The van der Waals surface area contributed by atoms with E-state index in [4.69, 9.17) is 0 Å². The largest absolute Gasteiger partial charge is 0.480 e. The molecule has 1 aromatic rings. The van der Waals surface area contributed by atoms with Gasteiger partial charge in [-0.1, -0.05) is 30.3 Å². The normalized spacial score (nSPS) is 24.1. The van der Waals surface area contributed by atoms with E-state index in [0.717, 1.165) is 5.56 Å². The van der Waals surface area contributed by atoms with Crippen molar-refractivity contribution in [2.75, 3.05) is 6.54 Å². The van der Waals surface area contributed by atoms with E-state index in [9.17, 15) is 14.7 Å². The third-order valence-corrected chi connectivity index (χ3v) is 3.49. The lowest BCUT2D eigenvalue weighted by atomic mass is 10.0. The second-order valence-electron chi connectivity index (χ2n) is 4.81. The number of likely N-dealkylation sites (tertiary alicyclic amines) is 1. The minimum atomic E-state index is -0.838. The Bertz CT molecular complexity index is 444. The van der Waals surface area contributed by atoms with Gasteiger partial charge >= 0.3 is 5.97 Å². The molecule has 1 aliphatic rings. The van der Waals surface area contributed by atoms with Crippen LogP contribution in [0.5, 0.6) is 0 Å². The molecule has 1 N–H and O–H groups in total. The van der Waals surface area contributed by atoms with Gasteiger partial charge in [0.2, 0.25) is 0 Å². The molecule has 4 heteroatoms. The topological polar surface area (TPSA) is 57.6 Å². The average Bonchev–Trinajstić information content (AvgIpc) is 2.74. The molecule has 0 saturated carbocycles. The third-order valence-electron chi connectivity index (χ3n) is 3.49. The molecule has 1 heterocycles. The number of hydrogen-bond donors (Lipinski definition) is 1. The molecule has 0 spiro atoms. The van der Waals surface area contributed by atoms with Crippen LogP contribution in [0.15, 0.2) is 30.3 Å². The van der Waals surface area contributed by atoms with Crippen LogP contribution in [-0.4, -0.2) is 34.3 Å². The van der Waals surface area contributed by atoms with Crippen molar-refractivity contribution in [3.05, 3.63) is 35.9 Å². The van der Waals surface area contributed by atoms with Crippen molar-refractivity contribution in [1.82, 2.24) is 4.90 Å². The van der Waals surface area contributed by atoms with Gasteiger partial charge in [0, 0.05) is 19.0 Å². The van der Waals surface area contributed by atoms with Gasteiger partial charge in [-0.05, 0) is 18.9 Å². The highest BCUT2D eigenvalue weighted by molar-refractivity contribution is 5.81. The number of nitrogens with zero attached hydrogens (tertiary/aromatic N) is 1. The zero-order valence-electron chi connectivity index (χ0n) is 10.4. The number of carboxylic acids is 1. The van der Waals surface area contributed by atoms with Crippen LogP contribution in [-0.2, 0) is 16.1 Å². The first-order chi connectivity index (χ1) is 8.58. The molecule has 18 heavy (non-hydrogen) atoms. The summed E-state index contributed by atoms with van der Waals surface area (Å²) in [4.78, 5) is 24.5. The van der Waals surface area contributed by atoms with Gasteiger partial charge in [0.05, 0.1) is 0 Å². The Balaban J connectivity index is 2.10. The second-order valence-corrected chi connectivity index (χ2v) is 4.81. The predicted octanol–water partition coefficient (Wildman–Crippen LogP) is 1.55. The van der Waals surface area contributed by atoms with Gasteiger partial charge in [0.15, 0.2) is 0 Å². The number of rotatable bonds is 4. The van der Waals surface area contributed by atoms with Crippen molar-refractivity contribution < 1.29 is 14.7 Å². The highest BCUT2D eigenvalue weighted by Gasteiger charge is 2.38. The Morgan fingerprint density at radius 3 is 2.56 bits per heavy atom. The number of carbonyl (C=O) groups is 2. The Kier molecular flexibility index (Phi) is 3.77. The van der Waals surface area contributed by atoms with Crippen LogP contribution >= 0.6 is 0 Å². The van der Waals surface area contributed by atoms with Gasteiger partial charge < -0.3 is 5.11 Å². The monoisotopic (exact) mass is 247 g/mol. The first-order valence-corrected chi connectivity index (χ1v) is 6.09. The van der Waals surface area contributed by atoms with Crippen molar-refractivity contribution in [3.8, 4) is 0 Å². The molecule has 1 fully saturated rings. The highest BCUT2D eigenvalue weighted by atomic mass is 16.4. The molecule has 0 aromatic heterocycles. The Morgan fingerprint density at radius 1 is 1.33 bits per heavy atom. The van der Waals surface area contributed by atoms with E-state index >= 15 is 0 Å². The number of Topliss-reactive ketones (excluding diaryl/α,β-unsaturated/α-hetero) is 1. The predicted molar refractivity (Wildman–Crippen MR) is 67.1 cm³/mol. The summed E-state index contributed by atoms with van der Waals surface area (Å²) in [7, 11) is 0.